The molecule has 0 saturated carbocycles. The van der Waals surface area contributed by atoms with Gasteiger partial charge in [-0.25, -0.2) is 4.98 Å². The molecule has 0 aliphatic rings. The zero-order valence-corrected chi connectivity index (χ0v) is 13.8. The van der Waals surface area contributed by atoms with Crippen molar-refractivity contribution in [3.8, 4) is 11.3 Å². The molecular formula is C17H13ClF3N3O. The van der Waals surface area contributed by atoms with E-state index >= 15 is 0 Å². The zero-order valence-electron chi connectivity index (χ0n) is 13.0. The molecule has 0 fully saturated rings. The van der Waals surface area contributed by atoms with Crippen LogP contribution < -0.4 is 5.32 Å². The number of carbonyl (C=O) groups excluding carboxylic acids is 1. The van der Waals surface area contributed by atoms with Crippen LogP contribution in [0.1, 0.15) is 12.5 Å². The number of hydrogen-bond acceptors (Lipinski definition) is 2. The number of imidazole rings is 1. The average molecular weight is 368 g/mol. The van der Waals surface area contributed by atoms with Crippen molar-refractivity contribution in [2.24, 2.45) is 0 Å². The SMILES string of the molecule is C[C@@H](Cl)C(=O)Nc1c(-c2ccc(C(F)(F)F)cc2)nc2ccccn12. The molecule has 0 unspecified atom stereocenters. The number of carbonyl (C=O) groups is 1. The van der Waals surface area contributed by atoms with Gasteiger partial charge in [0.1, 0.15) is 22.5 Å². The number of rotatable bonds is 3. The van der Waals surface area contributed by atoms with Crippen LogP contribution in [0.3, 0.4) is 0 Å². The van der Waals surface area contributed by atoms with E-state index in [1.54, 1.807) is 28.8 Å². The van der Waals surface area contributed by atoms with Crippen molar-refractivity contribution >= 4 is 29.0 Å². The monoisotopic (exact) mass is 367 g/mol. The van der Waals surface area contributed by atoms with Gasteiger partial charge < -0.3 is 5.32 Å². The third-order valence-electron chi connectivity index (χ3n) is 3.62. The molecule has 25 heavy (non-hydrogen) atoms. The molecular weight excluding hydrogens is 355 g/mol. The molecule has 4 nitrogen and oxygen atoms in total. The van der Waals surface area contributed by atoms with Crippen LogP contribution in [-0.2, 0) is 11.0 Å². The van der Waals surface area contributed by atoms with E-state index in [0.717, 1.165) is 12.1 Å². The topological polar surface area (TPSA) is 46.4 Å². The Labute approximate surface area is 146 Å². The van der Waals surface area contributed by atoms with Crippen molar-refractivity contribution in [3.63, 3.8) is 0 Å². The van der Waals surface area contributed by atoms with Gasteiger partial charge in [-0.2, -0.15) is 13.2 Å². The molecule has 0 aliphatic heterocycles. The number of amides is 1. The first-order valence-corrected chi connectivity index (χ1v) is 7.80. The van der Waals surface area contributed by atoms with Crippen LogP contribution in [0, 0.1) is 0 Å². The second-order valence-electron chi connectivity index (χ2n) is 5.42. The molecule has 1 N–H and O–H groups in total. The first-order valence-electron chi connectivity index (χ1n) is 7.37. The van der Waals surface area contributed by atoms with Crippen molar-refractivity contribution in [1.82, 2.24) is 9.38 Å². The zero-order chi connectivity index (χ0) is 18.2. The van der Waals surface area contributed by atoms with Gasteiger partial charge in [0, 0.05) is 11.8 Å². The fraction of sp³-hybridized carbons (Fsp3) is 0.176. The highest BCUT2D eigenvalue weighted by atomic mass is 35.5. The molecule has 1 atom stereocenters. The Hall–Kier alpha value is -2.54. The Morgan fingerprint density at radius 1 is 1.20 bits per heavy atom. The predicted octanol–water partition coefficient (Wildman–Crippen LogP) is 4.59. The van der Waals surface area contributed by atoms with E-state index in [2.05, 4.69) is 10.3 Å². The predicted molar refractivity (Wildman–Crippen MR) is 89.6 cm³/mol. The third-order valence-corrected chi connectivity index (χ3v) is 3.82. The van der Waals surface area contributed by atoms with E-state index in [-0.39, 0.29) is 0 Å². The van der Waals surface area contributed by atoms with Crippen molar-refractivity contribution < 1.29 is 18.0 Å². The summed E-state index contributed by atoms with van der Waals surface area (Å²) in [6, 6.07) is 9.87. The molecule has 0 radical (unpaired) electrons. The summed E-state index contributed by atoms with van der Waals surface area (Å²) < 4.78 is 39.9. The van der Waals surface area contributed by atoms with Gasteiger partial charge in [0.15, 0.2) is 0 Å². The van der Waals surface area contributed by atoms with Crippen LogP contribution in [0.25, 0.3) is 16.9 Å². The van der Waals surface area contributed by atoms with Gasteiger partial charge in [0.2, 0.25) is 5.91 Å². The quantitative estimate of drug-likeness (QED) is 0.688. The van der Waals surface area contributed by atoms with Crippen LogP contribution in [-0.4, -0.2) is 20.7 Å². The van der Waals surface area contributed by atoms with E-state index in [0.29, 0.717) is 22.7 Å². The Morgan fingerprint density at radius 3 is 2.48 bits per heavy atom. The van der Waals surface area contributed by atoms with Crippen molar-refractivity contribution in [2.75, 3.05) is 5.32 Å². The lowest BCUT2D eigenvalue weighted by Crippen LogP contribution is -2.21. The summed E-state index contributed by atoms with van der Waals surface area (Å²) >= 11 is 5.80. The first-order chi connectivity index (χ1) is 11.8. The van der Waals surface area contributed by atoms with Crippen LogP contribution in [0.2, 0.25) is 0 Å². The molecule has 3 rings (SSSR count). The molecule has 0 aliphatic carbocycles. The van der Waals surface area contributed by atoms with Crippen LogP contribution in [0.4, 0.5) is 19.0 Å². The maximum Gasteiger partial charge on any atom is 0.416 e. The molecule has 0 bridgehead atoms. The number of benzene rings is 1. The van der Waals surface area contributed by atoms with Crippen LogP contribution in [0.5, 0.6) is 0 Å². The third kappa shape index (κ3) is 3.46. The van der Waals surface area contributed by atoms with Gasteiger partial charge in [-0.3, -0.25) is 9.20 Å². The second kappa shape index (κ2) is 6.40. The number of anilines is 1. The lowest BCUT2D eigenvalue weighted by Gasteiger charge is -2.10. The summed E-state index contributed by atoms with van der Waals surface area (Å²) in [6.07, 6.45) is -2.72. The average Bonchev–Trinajstić information content (AvgIpc) is 2.93. The number of nitrogens with zero attached hydrogens (tertiary/aromatic N) is 2. The summed E-state index contributed by atoms with van der Waals surface area (Å²) in [4.78, 5) is 16.4. The Morgan fingerprint density at radius 2 is 1.88 bits per heavy atom. The highest BCUT2D eigenvalue weighted by Crippen LogP contribution is 2.33. The number of pyridine rings is 1. The van der Waals surface area contributed by atoms with Gasteiger partial charge in [-0.15, -0.1) is 11.6 Å². The molecule has 130 valence electrons. The summed E-state index contributed by atoms with van der Waals surface area (Å²) in [5.41, 5.74) is 0.620. The highest BCUT2D eigenvalue weighted by Gasteiger charge is 2.30. The van der Waals surface area contributed by atoms with Crippen molar-refractivity contribution in [1.29, 1.82) is 0 Å². The molecule has 2 aromatic heterocycles. The Bertz CT molecular complexity index is 917. The largest absolute Gasteiger partial charge is 0.416 e. The Kier molecular flexibility index (Phi) is 4.43. The Balaban J connectivity index is 2.10. The maximum absolute atomic E-state index is 12.7. The molecule has 0 spiro atoms. The lowest BCUT2D eigenvalue weighted by molar-refractivity contribution is -0.137. The number of alkyl halides is 4. The summed E-state index contributed by atoms with van der Waals surface area (Å²) in [5.74, 6) is -0.0756. The van der Waals surface area contributed by atoms with E-state index in [4.69, 9.17) is 11.6 Å². The molecule has 1 amide bonds. The number of halogens is 4. The first kappa shape index (κ1) is 17.3. The minimum atomic E-state index is -4.41. The summed E-state index contributed by atoms with van der Waals surface area (Å²) in [7, 11) is 0. The fourth-order valence-electron chi connectivity index (χ4n) is 2.35. The smallest absolute Gasteiger partial charge is 0.309 e. The van der Waals surface area contributed by atoms with Gasteiger partial charge in [-0.1, -0.05) is 18.2 Å². The minimum Gasteiger partial charge on any atom is -0.309 e. The van der Waals surface area contributed by atoms with Gasteiger partial charge in [0.05, 0.1) is 5.56 Å². The molecule has 8 heteroatoms. The molecule has 2 heterocycles. The second-order valence-corrected chi connectivity index (χ2v) is 6.07. The van der Waals surface area contributed by atoms with Crippen LogP contribution in [0.15, 0.2) is 48.7 Å². The normalized spacial score (nSPS) is 13.0. The fourth-order valence-corrected chi connectivity index (χ4v) is 2.40. The standard InChI is InChI=1S/C17H13ClF3N3O/c1-10(18)16(25)23-15-14(22-13-4-2-3-9-24(13)15)11-5-7-12(8-6-11)17(19,20)21/h2-10H,1H3,(H,23,25)/t10-/m1/s1. The molecule has 1 aromatic carbocycles. The van der Waals surface area contributed by atoms with Crippen LogP contribution >= 0.6 is 11.6 Å². The van der Waals surface area contributed by atoms with Crippen molar-refractivity contribution in [2.45, 2.75) is 18.5 Å². The number of hydrogen-bond donors (Lipinski definition) is 1. The minimum absolute atomic E-state index is 0.354. The van der Waals surface area contributed by atoms with Gasteiger partial charge in [-0.05, 0) is 31.2 Å². The van der Waals surface area contributed by atoms with Gasteiger partial charge >= 0.3 is 6.18 Å². The van der Waals surface area contributed by atoms with Crippen molar-refractivity contribution in [3.05, 3.63) is 54.2 Å². The summed E-state index contributed by atoms with van der Waals surface area (Å²) in [5, 5.41) is 1.91. The number of nitrogens with one attached hydrogen (secondary N) is 1. The van der Waals surface area contributed by atoms with E-state index in [1.807, 2.05) is 0 Å². The maximum atomic E-state index is 12.7. The molecule has 0 saturated heterocycles. The van der Waals surface area contributed by atoms with E-state index in [1.165, 1.54) is 19.1 Å². The van der Waals surface area contributed by atoms with E-state index < -0.39 is 23.0 Å². The number of aromatic nitrogens is 2. The highest BCUT2D eigenvalue weighted by molar-refractivity contribution is 6.32. The lowest BCUT2D eigenvalue weighted by atomic mass is 10.1. The summed E-state index contributed by atoms with van der Waals surface area (Å²) in [6.45, 7) is 1.53. The van der Waals surface area contributed by atoms with E-state index in [9.17, 15) is 18.0 Å². The molecule has 3 aromatic rings. The van der Waals surface area contributed by atoms with Gasteiger partial charge in [0.25, 0.3) is 0 Å². The number of fused-ring (bicyclic) bond motifs is 1.